The number of pyridine rings is 3. The van der Waals surface area contributed by atoms with E-state index >= 15 is 0 Å². The molecule has 0 fully saturated rings. The monoisotopic (exact) mass is 358 g/mol. The second kappa shape index (κ2) is 4.93. The van der Waals surface area contributed by atoms with Crippen LogP contribution in [0.1, 0.15) is 11.1 Å². The largest absolute Gasteiger partial charge is 0.290 e. The van der Waals surface area contributed by atoms with E-state index in [-0.39, 0.29) is 0 Å². The minimum Gasteiger partial charge on any atom is -0.290 e. The first-order valence-electron chi connectivity index (χ1n) is 9.42. The van der Waals surface area contributed by atoms with E-state index in [4.69, 9.17) is 4.98 Å². The lowest BCUT2D eigenvalue weighted by molar-refractivity contribution is 1.25. The zero-order chi connectivity index (χ0) is 18.2. The van der Waals surface area contributed by atoms with E-state index in [1.807, 2.05) is 24.8 Å². The number of nitrogens with zero attached hydrogens (tertiary/aromatic N) is 4. The molecule has 0 N–H and O–H groups in total. The zero-order valence-corrected chi connectivity index (χ0v) is 14.9. The van der Waals surface area contributed by atoms with Crippen molar-refractivity contribution in [2.45, 2.75) is 6.42 Å². The molecule has 0 unspecified atom stereocenters. The molecule has 130 valence electrons. The zero-order valence-electron chi connectivity index (χ0n) is 14.9. The summed E-state index contributed by atoms with van der Waals surface area (Å²) in [6, 6.07) is 17.2. The predicted octanol–water partition coefficient (Wildman–Crippen LogP) is 5.16. The van der Waals surface area contributed by atoms with Gasteiger partial charge in [0.2, 0.25) is 0 Å². The Balaban J connectivity index is 1.77. The normalized spacial score (nSPS) is 12.9. The van der Waals surface area contributed by atoms with Crippen molar-refractivity contribution in [2.24, 2.45) is 0 Å². The fraction of sp³-hybridized carbons (Fsp3) is 0.0417. The van der Waals surface area contributed by atoms with E-state index in [1.165, 1.54) is 22.3 Å². The maximum absolute atomic E-state index is 5.17. The first-order chi connectivity index (χ1) is 13.9. The van der Waals surface area contributed by atoms with Crippen LogP contribution in [0.3, 0.4) is 0 Å². The molecule has 4 aromatic heterocycles. The van der Waals surface area contributed by atoms with Crippen molar-refractivity contribution in [2.75, 3.05) is 0 Å². The second-order valence-corrected chi connectivity index (χ2v) is 7.39. The molecule has 0 radical (unpaired) electrons. The van der Waals surface area contributed by atoms with Crippen LogP contribution in [0, 0.1) is 0 Å². The van der Waals surface area contributed by atoms with Crippen LogP contribution >= 0.6 is 0 Å². The summed E-state index contributed by atoms with van der Waals surface area (Å²) < 4.78 is 2.25. The van der Waals surface area contributed by atoms with Crippen molar-refractivity contribution in [3.8, 4) is 11.1 Å². The summed E-state index contributed by atoms with van der Waals surface area (Å²) in [6.07, 6.45) is 8.51. The van der Waals surface area contributed by atoms with Gasteiger partial charge >= 0.3 is 0 Å². The van der Waals surface area contributed by atoms with Gasteiger partial charge in [-0.2, -0.15) is 0 Å². The highest BCUT2D eigenvalue weighted by molar-refractivity contribution is 6.14. The molecule has 0 amide bonds. The van der Waals surface area contributed by atoms with Crippen LogP contribution in [0.2, 0.25) is 0 Å². The third kappa shape index (κ3) is 1.63. The maximum Gasteiger partial charge on any atom is 0.146 e. The van der Waals surface area contributed by atoms with Crippen LogP contribution in [0.5, 0.6) is 0 Å². The Morgan fingerprint density at radius 1 is 0.714 bits per heavy atom. The van der Waals surface area contributed by atoms with Crippen LogP contribution in [0.25, 0.3) is 49.5 Å². The molecule has 28 heavy (non-hydrogen) atoms. The molecular formula is C24H14N4. The van der Waals surface area contributed by atoms with Gasteiger partial charge in [-0.15, -0.1) is 0 Å². The van der Waals surface area contributed by atoms with Crippen molar-refractivity contribution < 1.29 is 0 Å². The smallest absolute Gasteiger partial charge is 0.146 e. The van der Waals surface area contributed by atoms with Gasteiger partial charge < -0.3 is 0 Å². The van der Waals surface area contributed by atoms with Crippen molar-refractivity contribution in [3.05, 3.63) is 84.4 Å². The van der Waals surface area contributed by atoms with Crippen LogP contribution < -0.4 is 0 Å². The van der Waals surface area contributed by atoms with Gasteiger partial charge in [-0.1, -0.05) is 30.3 Å². The Kier molecular flexibility index (Phi) is 2.51. The summed E-state index contributed by atoms with van der Waals surface area (Å²) in [4.78, 5) is 13.9. The Labute approximate surface area is 160 Å². The van der Waals surface area contributed by atoms with E-state index < -0.39 is 0 Å². The Morgan fingerprint density at radius 2 is 1.57 bits per heavy atom. The fourth-order valence-electron chi connectivity index (χ4n) is 4.78. The summed E-state index contributed by atoms with van der Waals surface area (Å²) in [5.41, 5.74) is 9.53. The molecule has 0 spiro atoms. The maximum atomic E-state index is 5.17. The summed E-state index contributed by atoms with van der Waals surface area (Å²) >= 11 is 0. The van der Waals surface area contributed by atoms with Gasteiger partial charge in [-0.25, -0.2) is 4.98 Å². The molecule has 0 saturated carbocycles. The highest BCUT2D eigenvalue weighted by Gasteiger charge is 2.24. The Hall–Kier alpha value is -3.79. The van der Waals surface area contributed by atoms with Gasteiger partial charge in [0.15, 0.2) is 0 Å². The lowest BCUT2D eigenvalue weighted by atomic mass is 10.0. The number of hydrogen-bond acceptors (Lipinski definition) is 3. The molecule has 1 aliphatic rings. The Bertz CT molecular complexity index is 1590. The van der Waals surface area contributed by atoms with Gasteiger partial charge in [0, 0.05) is 40.3 Å². The molecule has 0 aliphatic heterocycles. The molecule has 0 bridgehead atoms. The van der Waals surface area contributed by atoms with Crippen LogP contribution in [0.15, 0.2) is 73.3 Å². The number of hydrogen-bond donors (Lipinski definition) is 0. The highest BCUT2D eigenvalue weighted by atomic mass is 15.0. The molecule has 1 aliphatic carbocycles. The van der Waals surface area contributed by atoms with Crippen molar-refractivity contribution in [1.82, 2.24) is 19.4 Å². The molecule has 0 saturated heterocycles. The minimum absolute atomic E-state index is 0.964. The van der Waals surface area contributed by atoms with E-state index in [0.717, 1.165) is 44.8 Å². The third-order valence-electron chi connectivity index (χ3n) is 5.97. The van der Waals surface area contributed by atoms with E-state index in [0.29, 0.717) is 0 Å². The van der Waals surface area contributed by atoms with Crippen molar-refractivity contribution >= 4 is 38.4 Å². The first-order valence-corrected chi connectivity index (χ1v) is 9.42. The lowest BCUT2D eigenvalue weighted by Crippen LogP contribution is -1.92. The molecule has 6 aromatic rings. The number of benzene rings is 2. The summed E-state index contributed by atoms with van der Waals surface area (Å²) in [5.74, 6) is 0. The summed E-state index contributed by atoms with van der Waals surface area (Å²) in [5, 5.41) is 3.37. The first kappa shape index (κ1) is 14.3. The molecule has 2 aromatic carbocycles. The lowest BCUT2D eigenvalue weighted by Gasteiger charge is -2.08. The van der Waals surface area contributed by atoms with Gasteiger partial charge in [0.25, 0.3) is 0 Å². The molecule has 4 heteroatoms. The third-order valence-corrected chi connectivity index (χ3v) is 5.97. The predicted molar refractivity (Wildman–Crippen MR) is 112 cm³/mol. The number of imidazole rings is 1. The standard InChI is InChI=1S/C24H14N4/c1-2-4-16-14(3-1)11-15-5-6-20-23(22(15)16)27-24-18-8-10-25-12-19(18)17-7-9-26-13-21(17)28(20)24/h1-10,12-13H,11H2. The quantitative estimate of drug-likeness (QED) is 0.352. The van der Waals surface area contributed by atoms with Crippen molar-refractivity contribution in [1.29, 1.82) is 0 Å². The SMILES string of the molecule is c1ccc2c(c1)Cc1ccc3c(nc4c5ccncc5c5ccncc5n34)c1-2. The summed E-state index contributed by atoms with van der Waals surface area (Å²) in [7, 11) is 0. The number of fused-ring (bicyclic) bond motifs is 12. The van der Waals surface area contributed by atoms with E-state index in [2.05, 4.69) is 62.9 Å². The molecule has 4 heterocycles. The van der Waals surface area contributed by atoms with Gasteiger partial charge in [-0.3, -0.25) is 14.4 Å². The molecule has 4 nitrogen and oxygen atoms in total. The van der Waals surface area contributed by atoms with Crippen LogP contribution in [-0.4, -0.2) is 19.4 Å². The average Bonchev–Trinajstić information content (AvgIpc) is 3.32. The number of aromatic nitrogens is 4. The minimum atomic E-state index is 0.964. The van der Waals surface area contributed by atoms with Gasteiger partial charge in [0.1, 0.15) is 5.65 Å². The highest BCUT2D eigenvalue weighted by Crippen LogP contribution is 2.42. The number of rotatable bonds is 0. The van der Waals surface area contributed by atoms with Gasteiger partial charge in [-0.05, 0) is 41.3 Å². The molecule has 0 atom stereocenters. The van der Waals surface area contributed by atoms with Crippen LogP contribution in [0.4, 0.5) is 0 Å². The van der Waals surface area contributed by atoms with Gasteiger partial charge in [0.05, 0.1) is 22.7 Å². The summed E-state index contributed by atoms with van der Waals surface area (Å²) in [6.45, 7) is 0. The molecule has 7 rings (SSSR count). The average molecular weight is 358 g/mol. The Morgan fingerprint density at radius 3 is 2.54 bits per heavy atom. The molecular weight excluding hydrogens is 344 g/mol. The topological polar surface area (TPSA) is 43.1 Å². The van der Waals surface area contributed by atoms with Crippen molar-refractivity contribution in [3.63, 3.8) is 0 Å². The van der Waals surface area contributed by atoms with E-state index in [9.17, 15) is 0 Å². The van der Waals surface area contributed by atoms with Crippen LogP contribution in [-0.2, 0) is 6.42 Å². The van der Waals surface area contributed by atoms with E-state index in [1.54, 1.807) is 0 Å². The fourth-order valence-corrected chi connectivity index (χ4v) is 4.78. The second-order valence-electron chi connectivity index (χ2n) is 7.39.